The van der Waals surface area contributed by atoms with Gasteiger partial charge >= 0.3 is 0 Å². The van der Waals surface area contributed by atoms with Crippen LogP contribution < -0.4 is 5.32 Å². The minimum Gasteiger partial charge on any atom is -0.327 e. The molecule has 0 spiro atoms. The first-order valence-electron chi connectivity index (χ1n) is 8.06. The third-order valence-electron chi connectivity index (χ3n) is 3.94. The van der Waals surface area contributed by atoms with Gasteiger partial charge in [-0.25, -0.2) is 18.9 Å². The molecule has 0 atom stereocenters. The van der Waals surface area contributed by atoms with E-state index in [1.54, 1.807) is 28.9 Å². The predicted octanol–water partition coefficient (Wildman–Crippen LogP) is 4.82. The number of nitriles is 1. The molecule has 0 aliphatic rings. The summed E-state index contributed by atoms with van der Waals surface area (Å²) in [4.78, 5) is 9.29. The number of hydrogen-bond acceptors (Lipinski definition) is 6. The Hall–Kier alpha value is -3.02. The summed E-state index contributed by atoms with van der Waals surface area (Å²) < 4.78 is 14.8. The molecule has 27 heavy (non-hydrogen) atoms. The van der Waals surface area contributed by atoms with Crippen LogP contribution in [0, 0.1) is 17.1 Å². The molecule has 3 heterocycles. The predicted molar refractivity (Wildman–Crippen MR) is 103 cm³/mol. The second kappa shape index (κ2) is 6.95. The largest absolute Gasteiger partial charge is 0.327 e. The van der Waals surface area contributed by atoms with E-state index in [9.17, 15) is 9.65 Å². The Morgan fingerprint density at radius 1 is 1.26 bits per heavy atom. The first kappa shape index (κ1) is 17.4. The van der Waals surface area contributed by atoms with Crippen molar-refractivity contribution in [3.05, 3.63) is 58.1 Å². The van der Waals surface area contributed by atoms with Crippen LogP contribution in [0.3, 0.4) is 0 Å². The van der Waals surface area contributed by atoms with E-state index in [2.05, 4.69) is 26.5 Å². The van der Waals surface area contributed by atoms with Gasteiger partial charge in [-0.3, -0.25) is 0 Å². The lowest BCUT2D eigenvalue weighted by molar-refractivity contribution is 0.628. The minimum absolute atomic E-state index is 0.340. The number of nitrogens with zero attached hydrogens (tertiary/aromatic N) is 5. The van der Waals surface area contributed by atoms with Crippen molar-refractivity contribution in [1.82, 2.24) is 19.6 Å². The van der Waals surface area contributed by atoms with Gasteiger partial charge in [-0.2, -0.15) is 10.4 Å². The lowest BCUT2D eigenvalue weighted by Crippen LogP contribution is -1.94. The highest BCUT2D eigenvalue weighted by atomic mass is 35.5. The Morgan fingerprint density at radius 3 is 2.74 bits per heavy atom. The molecule has 0 radical (unpaired) electrons. The average Bonchev–Trinajstić information content (AvgIpc) is 3.24. The number of thiazole rings is 1. The number of hydrogen-bond donors (Lipinski definition) is 1. The van der Waals surface area contributed by atoms with Crippen LogP contribution in [0.1, 0.15) is 17.5 Å². The maximum absolute atomic E-state index is 13.2. The summed E-state index contributed by atoms with van der Waals surface area (Å²) in [5.74, 6) is -0.340. The van der Waals surface area contributed by atoms with Crippen LogP contribution in [0.15, 0.2) is 36.5 Å². The molecule has 3 aromatic heterocycles. The lowest BCUT2D eigenvalue weighted by atomic mass is 10.1. The molecule has 4 aromatic rings. The van der Waals surface area contributed by atoms with Gasteiger partial charge < -0.3 is 5.32 Å². The van der Waals surface area contributed by atoms with Crippen molar-refractivity contribution < 1.29 is 4.39 Å². The molecule has 0 bridgehead atoms. The molecule has 1 N–H and O–H groups in total. The summed E-state index contributed by atoms with van der Waals surface area (Å²) in [6, 6.07) is 9.70. The summed E-state index contributed by atoms with van der Waals surface area (Å²) >= 11 is 7.24. The highest BCUT2D eigenvalue weighted by Gasteiger charge is 2.18. The van der Waals surface area contributed by atoms with E-state index in [0.717, 1.165) is 5.69 Å². The first-order valence-corrected chi connectivity index (χ1v) is 9.26. The number of nitrogens with one attached hydrogen (secondary N) is 1. The molecule has 134 valence electrons. The van der Waals surface area contributed by atoms with Gasteiger partial charge in [0, 0.05) is 11.8 Å². The van der Waals surface area contributed by atoms with Crippen LogP contribution in [0.2, 0.25) is 5.15 Å². The van der Waals surface area contributed by atoms with E-state index in [0.29, 0.717) is 44.2 Å². The van der Waals surface area contributed by atoms with Crippen molar-refractivity contribution in [1.29, 1.82) is 5.26 Å². The van der Waals surface area contributed by atoms with Crippen molar-refractivity contribution in [3.63, 3.8) is 0 Å². The monoisotopic (exact) mass is 398 g/mol. The topological polar surface area (TPSA) is 78.9 Å². The molecule has 0 saturated carbocycles. The summed E-state index contributed by atoms with van der Waals surface area (Å²) in [6.45, 7) is 1.99. The standard InChI is InChI=1S/C18H12ClFN6S/c1-2-12-16(17-22-14(19)7-8-26(17)25-12)24-18-23-15(13(9-21)27-18)10-3-5-11(20)6-4-10/h3-8H,2H2,1H3,(H,23,24). The van der Waals surface area contributed by atoms with E-state index in [1.165, 1.54) is 23.5 Å². The smallest absolute Gasteiger partial charge is 0.189 e. The van der Waals surface area contributed by atoms with Crippen LogP contribution in [-0.2, 0) is 6.42 Å². The molecular formula is C18H12ClFN6S. The Balaban J connectivity index is 1.78. The maximum atomic E-state index is 13.2. The van der Waals surface area contributed by atoms with E-state index in [1.807, 2.05) is 6.92 Å². The van der Waals surface area contributed by atoms with Gasteiger partial charge in [0.05, 0.1) is 5.69 Å². The molecule has 0 fully saturated rings. The Labute approximate surface area is 162 Å². The Bertz CT molecular complexity index is 1180. The number of aryl methyl sites for hydroxylation is 1. The van der Waals surface area contributed by atoms with E-state index in [-0.39, 0.29) is 5.82 Å². The first-order chi connectivity index (χ1) is 13.1. The highest BCUT2D eigenvalue weighted by molar-refractivity contribution is 7.16. The normalized spacial score (nSPS) is 10.9. The fraction of sp³-hybridized carbons (Fsp3) is 0.111. The molecule has 9 heteroatoms. The van der Waals surface area contributed by atoms with Gasteiger partial charge in [-0.1, -0.05) is 29.9 Å². The van der Waals surface area contributed by atoms with Gasteiger partial charge in [-0.05, 0) is 36.8 Å². The molecule has 6 nitrogen and oxygen atoms in total. The zero-order valence-electron chi connectivity index (χ0n) is 14.1. The highest BCUT2D eigenvalue weighted by Crippen LogP contribution is 2.34. The molecule has 4 rings (SSSR count). The van der Waals surface area contributed by atoms with Crippen LogP contribution in [0.5, 0.6) is 0 Å². The summed E-state index contributed by atoms with van der Waals surface area (Å²) in [5.41, 5.74) is 3.27. The van der Waals surface area contributed by atoms with E-state index < -0.39 is 0 Å². The average molecular weight is 399 g/mol. The number of aromatic nitrogens is 4. The zero-order valence-corrected chi connectivity index (χ0v) is 15.6. The molecule has 1 aromatic carbocycles. The number of halogens is 2. The molecule has 0 unspecified atom stereocenters. The van der Waals surface area contributed by atoms with Crippen LogP contribution >= 0.6 is 22.9 Å². The fourth-order valence-corrected chi connectivity index (χ4v) is 3.61. The van der Waals surface area contributed by atoms with Crippen molar-refractivity contribution in [2.24, 2.45) is 0 Å². The van der Waals surface area contributed by atoms with Gasteiger partial charge in [0.25, 0.3) is 0 Å². The van der Waals surface area contributed by atoms with Gasteiger partial charge in [0.15, 0.2) is 10.8 Å². The van der Waals surface area contributed by atoms with Crippen LogP contribution in [-0.4, -0.2) is 19.6 Å². The third-order valence-corrected chi connectivity index (χ3v) is 5.02. The van der Waals surface area contributed by atoms with Gasteiger partial charge in [0.1, 0.15) is 33.3 Å². The Morgan fingerprint density at radius 2 is 2.04 bits per heavy atom. The summed E-state index contributed by atoms with van der Waals surface area (Å²) in [7, 11) is 0. The Kier molecular flexibility index (Phi) is 4.48. The van der Waals surface area contributed by atoms with Gasteiger partial charge in [-0.15, -0.1) is 0 Å². The van der Waals surface area contributed by atoms with E-state index in [4.69, 9.17) is 11.6 Å². The third kappa shape index (κ3) is 3.23. The minimum atomic E-state index is -0.340. The molecular weight excluding hydrogens is 387 g/mol. The molecule has 0 saturated heterocycles. The zero-order chi connectivity index (χ0) is 19.0. The second-order valence-corrected chi connectivity index (χ2v) is 7.02. The van der Waals surface area contributed by atoms with Crippen molar-refractivity contribution >= 4 is 39.4 Å². The van der Waals surface area contributed by atoms with E-state index >= 15 is 0 Å². The van der Waals surface area contributed by atoms with Crippen LogP contribution in [0.25, 0.3) is 16.9 Å². The number of anilines is 2. The maximum Gasteiger partial charge on any atom is 0.189 e. The number of fused-ring (bicyclic) bond motifs is 1. The lowest BCUT2D eigenvalue weighted by Gasteiger charge is -2.02. The summed E-state index contributed by atoms with van der Waals surface area (Å²) in [6.07, 6.45) is 2.42. The fourth-order valence-electron chi connectivity index (χ4n) is 2.69. The van der Waals surface area contributed by atoms with Crippen molar-refractivity contribution in [3.8, 4) is 17.3 Å². The second-order valence-electron chi connectivity index (χ2n) is 5.63. The molecule has 0 aliphatic heterocycles. The summed E-state index contributed by atoms with van der Waals surface area (Å²) in [5, 5.41) is 18.1. The SMILES string of the molecule is CCc1nn2ccc(Cl)nc2c1Nc1nc(-c2ccc(F)cc2)c(C#N)s1. The van der Waals surface area contributed by atoms with Crippen LogP contribution in [0.4, 0.5) is 15.2 Å². The van der Waals surface area contributed by atoms with Crippen molar-refractivity contribution in [2.75, 3.05) is 5.32 Å². The van der Waals surface area contributed by atoms with Gasteiger partial charge in [0.2, 0.25) is 0 Å². The number of benzene rings is 1. The molecule has 0 aliphatic carbocycles. The molecule has 0 amide bonds. The number of rotatable bonds is 4. The van der Waals surface area contributed by atoms with Crippen molar-refractivity contribution in [2.45, 2.75) is 13.3 Å². The quantitative estimate of drug-likeness (QED) is 0.498.